The number of hydrogen-bond donors (Lipinski definition) is 2. The maximum Gasteiger partial charge on any atom is 0.124 e. The Morgan fingerprint density at radius 1 is 1.59 bits per heavy atom. The Balaban J connectivity index is 2.03. The number of halogens is 1. The molecule has 94 valence electrons. The van der Waals surface area contributed by atoms with Crippen molar-refractivity contribution in [2.75, 3.05) is 13.2 Å². The molecule has 4 heteroatoms. The molecule has 0 amide bonds. The van der Waals surface area contributed by atoms with Crippen molar-refractivity contribution in [2.24, 2.45) is 0 Å². The van der Waals surface area contributed by atoms with E-state index in [1.807, 2.05) is 19.1 Å². The van der Waals surface area contributed by atoms with Crippen molar-refractivity contribution in [3.05, 3.63) is 28.2 Å². The smallest absolute Gasteiger partial charge is 0.124 e. The lowest BCUT2D eigenvalue weighted by Crippen LogP contribution is -2.29. The topological polar surface area (TPSA) is 41.5 Å². The zero-order valence-electron chi connectivity index (χ0n) is 9.95. The standard InChI is InChI=1S/C13H18BrNO2/c1-9(16)4-6-15-12-5-7-17-13-3-2-10(14)8-11(12)13/h2-3,8-9,12,15-16H,4-7H2,1H3. The highest BCUT2D eigenvalue weighted by atomic mass is 79.9. The van der Waals surface area contributed by atoms with Crippen LogP contribution < -0.4 is 10.1 Å². The Bertz CT molecular complexity index is 382. The van der Waals surface area contributed by atoms with Crippen molar-refractivity contribution in [1.82, 2.24) is 5.32 Å². The van der Waals surface area contributed by atoms with Crippen LogP contribution in [0, 0.1) is 0 Å². The third-order valence-electron chi connectivity index (χ3n) is 2.96. The molecule has 2 N–H and O–H groups in total. The molecule has 0 spiro atoms. The lowest BCUT2D eigenvalue weighted by Gasteiger charge is -2.27. The summed E-state index contributed by atoms with van der Waals surface area (Å²) in [5.74, 6) is 0.967. The molecule has 0 radical (unpaired) electrons. The fraction of sp³-hybridized carbons (Fsp3) is 0.538. The SMILES string of the molecule is CC(O)CCNC1CCOc2ccc(Br)cc21. The fourth-order valence-corrected chi connectivity index (χ4v) is 2.42. The predicted molar refractivity (Wildman–Crippen MR) is 71.3 cm³/mol. The van der Waals surface area contributed by atoms with Crippen LogP contribution in [0.5, 0.6) is 5.75 Å². The number of nitrogens with one attached hydrogen (secondary N) is 1. The van der Waals surface area contributed by atoms with Gasteiger partial charge < -0.3 is 15.2 Å². The molecule has 1 aliphatic heterocycles. The summed E-state index contributed by atoms with van der Waals surface area (Å²) < 4.78 is 6.70. The van der Waals surface area contributed by atoms with Crippen LogP contribution in [0.1, 0.15) is 31.4 Å². The van der Waals surface area contributed by atoms with Crippen LogP contribution in [0.15, 0.2) is 22.7 Å². The molecule has 1 aromatic carbocycles. The van der Waals surface area contributed by atoms with Crippen molar-refractivity contribution >= 4 is 15.9 Å². The minimum atomic E-state index is -0.246. The number of aliphatic hydroxyl groups is 1. The molecule has 1 aliphatic rings. The number of rotatable bonds is 4. The van der Waals surface area contributed by atoms with Gasteiger partial charge in [-0.2, -0.15) is 0 Å². The third-order valence-corrected chi connectivity index (χ3v) is 3.46. The van der Waals surface area contributed by atoms with Gasteiger partial charge in [0, 0.05) is 22.5 Å². The maximum absolute atomic E-state index is 9.25. The van der Waals surface area contributed by atoms with Gasteiger partial charge in [0.05, 0.1) is 12.7 Å². The van der Waals surface area contributed by atoms with E-state index in [-0.39, 0.29) is 6.10 Å². The van der Waals surface area contributed by atoms with Crippen LogP contribution in [0.3, 0.4) is 0 Å². The largest absolute Gasteiger partial charge is 0.493 e. The Hall–Kier alpha value is -0.580. The van der Waals surface area contributed by atoms with Gasteiger partial charge in [-0.25, -0.2) is 0 Å². The second kappa shape index (κ2) is 5.85. The van der Waals surface area contributed by atoms with E-state index >= 15 is 0 Å². The molecule has 0 aliphatic carbocycles. The van der Waals surface area contributed by atoms with Gasteiger partial charge in [0.15, 0.2) is 0 Å². The molecule has 3 nitrogen and oxygen atoms in total. The molecular weight excluding hydrogens is 282 g/mol. The summed E-state index contributed by atoms with van der Waals surface area (Å²) in [5, 5.41) is 12.7. The summed E-state index contributed by atoms with van der Waals surface area (Å²) in [4.78, 5) is 0. The average molecular weight is 300 g/mol. The highest BCUT2D eigenvalue weighted by molar-refractivity contribution is 9.10. The van der Waals surface area contributed by atoms with Gasteiger partial charge in [0.1, 0.15) is 5.75 Å². The number of ether oxygens (including phenoxy) is 1. The molecule has 2 unspecified atom stereocenters. The minimum absolute atomic E-state index is 0.246. The predicted octanol–water partition coefficient (Wildman–Crippen LogP) is 2.63. The summed E-state index contributed by atoms with van der Waals surface area (Å²) in [5.41, 5.74) is 1.20. The summed E-state index contributed by atoms with van der Waals surface area (Å²) in [6.07, 6.45) is 1.51. The van der Waals surface area contributed by atoms with E-state index in [0.29, 0.717) is 6.04 Å². The first-order chi connectivity index (χ1) is 8.16. The second-order valence-corrected chi connectivity index (χ2v) is 5.38. The van der Waals surface area contributed by atoms with Crippen LogP contribution in [-0.4, -0.2) is 24.4 Å². The molecular formula is C13H18BrNO2. The summed E-state index contributed by atoms with van der Waals surface area (Å²) in [6, 6.07) is 6.43. The van der Waals surface area contributed by atoms with E-state index in [1.54, 1.807) is 0 Å². The molecule has 1 aromatic rings. The van der Waals surface area contributed by atoms with Gasteiger partial charge >= 0.3 is 0 Å². The molecule has 0 bridgehead atoms. The van der Waals surface area contributed by atoms with Crippen LogP contribution >= 0.6 is 15.9 Å². The lowest BCUT2D eigenvalue weighted by molar-refractivity contribution is 0.179. The number of hydrogen-bond acceptors (Lipinski definition) is 3. The maximum atomic E-state index is 9.25. The van der Waals surface area contributed by atoms with Crippen molar-refractivity contribution < 1.29 is 9.84 Å². The minimum Gasteiger partial charge on any atom is -0.493 e. The molecule has 2 atom stereocenters. The summed E-state index contributed by atoms with van der Waals surface area (Å²) in [6.45, 7) is 3.39. The summed E-state index contributed by atoms with van der Waals surface area (Å²) >= 11 is 3.49. The highest BCUT2D eigenvalue weighted by Crippen LogP contribution is 2.33. The van der Waals surface area contributed by atoms with Crippen LogP contribution in [0.25, 0.3) is 0 Å². The van der Waals surface area contributed by atoms with E-state index in [1.165, 1.54) is 5.56 Å². The van der Waals surface area contributed by atoms with Gasteiger partial charge in [-0.1, -0.05) is 15.9 Å². The molecule has 0 fully saturated rings. The van der Waals surface area contributed by atoms with E-state index < -0.39 is 0 Å². The van der Waals surface area contributed by atoms with E-state index in [4.69, 9.17) is 4.74 Å². The normalized spacial score (nSPS) is 20.5. The zero-order valence-corrected chi connectivity index (χ0v) is 11.5. The first-order valence-electron chi connectivity index (χ1n) is 6.00. The van der Waals surface area contributed by atoms with E-state index in [2.05, 4.69) is 27.3 Å². The quantitative estimate of drug-likeness (QED) is 0.898. The number of fused-ring (bicyclic) bond motifs is 1. The Labute approximate surface area is 110 Å². The molecule has 0 saturated carbocycles. The van der Waals surface area contributed by atoms with Crippen LogP contribution in [0.2, 0.25) is 0 Å². The van der Waals surface area contributed by atoms with Crippen molar-refractivity contribution in [1.29, 1.82) is 0 Å². The molecule has 1 heterocycles. The van der Waals surface area contributed by atoms with Crippen LogP contribution in [-0.2, 0) is 0 Å². The van der Waals surface area contributed by atoms with Gasteiger partial charge in [0.25, 0.3) is 0 Å². The monoisotopic (exact) mass is 299 g/mol. The zero-order chi connectivity index (χ0) is 12.3. The van der Waals surface area contributed by atoms with Gasteiger partial charge in [-0.05, 0) is 38.1 Å². The van der Waals surface area contributed by atoms with E-state index in [0.717, 1.165) is 36.2 Å². The third kappa shape index (κ3) is 3.44. The highest BCUT2D eigenvalue weighted by Gasteiger charge is 2.20. The lowest BCUT2D eigenvalue weighted by atomic mass is 10.0. The molecule has 0 aromatic heterocycles. The molecule has 0 saturated heterocycles. The first kappa shape index (κ1) is 12.9. The van der Waals surface area contributed by atoms with Crippen molar-refractivity contribution in [2.45, 2.75) is 31.9 Å². The summed E-state index contributed by atoms with van der Waals surface area (Å²) in [7, 11) is 0. The Kier molecular flexibility index (Phi) is 4.42. The number of benzene rings is 1. The second-order valence-electron chi connectivity index (χ2n) is 4.46. The van der Waals surface area contributed by atoms with Gasteiger partial charge in [-0.3, -0.25) is 0 Å². The van der Waals surface area contributed by atoms with Gasteiger partial charge in [-0.15, -0.1) is 0 Å². The van der Waals surface area contributed by atoms with Crippen molar-refractivity contribution in [3.8, 4) is 5.75 Å². The van der Waals surface area contributed by atoms with Gasteiger partial charge in [0.2, 0.25) is 0 Å². The Morgan fingerprint density at radius 3 is 3.18 bits per heavy atom. The van der Waals surface area contributed by atoms with Crippen LogP contribution in [0.4, 0.5) is 0 Å². The first-order valence-corrected chi connectivity index (χ1v) is 6.80. The fourth-order valence-electron chi connectivity index (χ4n) is 2.04. The average Bonchev–Trinajstić information content (AvgIpc) is 2.29. The molecule has 17 heavy (non-hydrogen) atoms. The van der Waals surface area contributed by atoms with Crippen molar-refractivity contribution in [3.63, 3.8) is 0 Å². The molecule has 2 rings (SSSR count). The van der Waals surface area contributed by atoms with E-state index in [9.17, 15) is 5.11 Å². The number of aliphatic hydroxyl groups excluding tert-OH is 1. The Morgan fingerprint density at radius 2 is 2.41 bits per heavy atom.